The Morgan fingerprint density at radius 3 is 2.32 bits per heavy atom. The van der Waals surface area contributed by atoms with Gasteiger partial charge >= 0.3 is 12.1 Å². The first-order valence-corrected chi connectivity index (χ1v) is 9.49. The van der Waals surface area contributed by atoms with Crippen LogP contribution in [0.4, 0.5) is 4.79 Å². The molecule has 0 aromatic heterocycles. The van der Waals surface area contributed by atoms with Gasteiger partial charge in [0.1, 0.15) is 6.61 Å². The van der Waals surface area contributed by atoms with E-state index in [2.05, 4.69) is 24.3 Å². The number of carboxylic acid groups (broad SMARTS) is 1. The standard InChI is InChI=1S/C22H23NO5/c1-14-12-27-15(10-21(24)25)11-23(14)22(26)28-13-20-18-8-4-2-6-16(18)17-7-3-5-9-19(17)20/h2-9,14-15,20H,10-13H2,1H3,(H,24,25)/t14-,15-/m1/s1. The monoisotopic (exact) mass is 381 g/mol. The Morgan fingerprint density at radius 1 is 1.11 bits per heavy atom. The molecule has 1 N–H and O–H groups in total. The fourth-order valence-corrected chi connectivity index (χ4v) is 4.07. The second-order valence-corrected chi connectivity index (χ2v) is 7.36. The summed E-state index contributed by atoms with van der Waals surface area (Å²) in [6.07, 6.45) is -1.05. The molecule has 1 aliphatic heterocycles. The molecule has 2 atom stereocenters. The summed E-state index contributed by atoms with van der Waals surface area (Å²) in [4.78, 5) is 25.2. The fraction of sp³-hybridized carbons (Fsp3) is 0.364. The zero-order valence-corrected chi connectivity index (χ0v) is 15.7. The highest BCUT2D eigenvalue weighted by molar-refractivity contribution is 5.79. The van der Waals surface area contributed by atoms with E-state index in [1.807, 2.05) is 31.2 Å². The first-order valence-electron chi connectivity index (χ1n) is 9.49. The van der Waals surface area contributed by atoms with Crippen molar-refractivity contribution in [3.63, 3.8) is 0 Å². The van der Waals surface area contributed by atoms with Gasteiger partial charge in [0.05, 0.1) is 31.7 Å². The van der Waals surface area contributed by atoms with Gasteiger partial charge in [0.25, 0.3) is 0 Å². The van der Waals surface area contributed by atoms with Crippen LogP contribution in [0.1, 0.15) is 30.4 Å². The van der Waals surface area contributed by atoms with Gasteiger partial charge in [-0.3, -0.25) is 4.79 Å². The van der Waals surface area contributed by atoms with Gasteiger partial charge in [0.2, 0.25) is 0 Å². The van der Waals surface area contributed by atoms with Crippen LogP contribution < -0.4 is 0 Å². The average molecular weight is 381 g/mol. The summed E-state index contributed by atoms with van der Waals surface area (Å²) in [6.45, 7) is 2.66. The SMILES string of the molecule is C[C@@H]1CO[C@H](CC(=O)O)CN1C(=O)OCC1c2ccccc2-c2ccccc21. The van der Waals surface area contributed by atoms with E-state index in [4.69, 9.17) is 14.6 Å². The lowest BCUT2D eigenvalue weighted by Crippen LogP contribution is -2.51. The van der Waals surface area contributed by atoms with E-state index in [9.17, 15) is 9.59 Å². The summed E-state index contributed by atoms with van der Waals surface area (Å²) < 4.78 is 11.2. The number of morpholine rings is 1. The number of aliphatic carboxylic acids is 1. The van der Waals surface area contributed by atoms with Crippen LogP contribution in [0.2, 0.25) is 0 Å². The molecule has 2 aromatic rings. The van der Waals surface area contributed by atoms with E-state index in [1.54, 1.807) is 4.90 Å². The van der Waals surface area contributed by atoms with Crippen LogP contribution in [0.3, 0.4) is 0 Å². The van der Waals surface area contributed by atoms with E-state index < -0.39 is 18.2 Å². The Labute approximate surface area is 163 Å². The number of fused-ring (bicyclic) bond motifs is 3. The van der Waals surface area contributed by atoms with Gasteiger partial charge in [0.15, 0.2) is 0 Å². The third-order valence-electron chi connectivity index (χ3n) is 5.48. The highest BCUT2D eigenvalue weighted by atomic mass is 16.6. The lowest BCUT2D eigenvalue weighted by molar-refractivity contribution is -0.143. The van der Waals surface area contributed by atoms with Gasteiger partial charge < -0.3 is 19.5 Å². The van der Waals surface area contributed by atoms with E-state index >= 15 is 0 Å². The molecule has 4 rings (SSSR count). The quantitative estimate of drug-likeness (QED) is 0.877. The molecule has 0 spiro atoms. The topological polar surface area (TPSA) is 76.1 Å². The Morgan fingerprint density at radius 2 is 1.71 bits per heavy atom. The average Bonchev–Trinajstić information content (AvgIpc) is 3.01. The molecule has 6 nitrogen and oxygen atoms in total. The van der Waals surface area contributed by atoms with Crippen molar-refractivity contribution in [2.24, 2.45) is 0 Å². The third-order valence-corrected chi connectivity index (χ3v) is 5.48. The molecule has 28 heavy (non-hydrogen) atoms. The number of carboxylic acids is 1. The third kappa shape index (κ3) is 3.47. The van der Waals surface area contributed by atoms with Crippen molar-refractivity contribution >= 4 is 12.1 Å². The minimum absolute atomic E-state index is 0.00233. The van der Waals surface area contributed by atoms with Gasteiger partial charge in [-0.15, -0.1) is 0 Å². The Balaban J connectivity index is 1.47. The predicted octanol–water partition coefficient (Wildman–Crippen LogP) is 3.50. The molecule has 0 unspecified atom stereocenters. The lowest BCUT2D eigenvalue weighted by Gasteiger charge is -2.37. The van der Waals surface area contributed by atoms with Crippen LogP contribution in [0, 0.1) is 0 Å². The first-order chi connectivity index (χ1) is 13.5. The molecule has 1 aliphatic carbocycles. The van der Waals surface area contributed by atoms with Gasteiger partial charge in [0, 0.05) is 5.92 Å². The molecule has 2 aromatic carbocycles. The predicted molar refractivity (Wildman–Crippen MR) is 103 cm³/mol. The summed E-state index contributed by atoms with van der Waals surface area (Å²) >= 11 is 0. The van der Waals surface area contributed by atoms with Gasteiger partial charge in [-0.05, 0) is 29.2 Å². The van der Waals surface area contributed by atoms with E-state index in [1.165, 1.54) is 11.1 Å². The van der Waals surface area contributed by atoms with E-state index in [0.717, 1.165) is 11.1 Å². The molecule has 0 bridgehead atoms. The van der Waals surface area contributed by atoms with Crippen LogP contribution in [0.15, 0.2) is 48.5 Å². The first kappa shape index (κ1) is 18.5. The maximum atomic E-state index is 12.7. The molecule has 1 amide bonds. The van der Waals surface area contributed by atoms with E-state index in [0.29, 0.717) is 6.61 Å². The number of nitrogens with zero attached hydrogens (tertiary/aromatic N) is 1. The number of carbonyl (C=O) groups excluding carboxylic acids is 1. The second-order valence-electron chi connectivity index (χ2n) is 7.36. The zero-order chi connectivity index (χ0) is 19.7. The highest BCUT2D eigenvalue weighted by Crippen LogP contribution is 2.44. The highest BCUT2D eigenvalue weighted by Gasteiger charge is 2.34. The largest absolute Gasteiger partial charge is 0.481 e. The normalized spacial score (nSPS) is 21.1. The molecular weight excluding hydrogens is 358 g/mol. The molecular formula is C22H23NO5. The van der Waals surface area contributed by atoms with Crippen molar-refractivity contribution in [3.8, 4) is 11.1 Å². The van der Waals surface area contributed by atoms with E-state index in [-0.39, 0.29) is 31.5 Å². The number of carbonyl (C=O) groups is 2. The molecule has 0 saturated carbocycles. The molecule has 0 radical (unpaired) electrons. The van der Waals surface area contributed by atoms with Crippen molar-refractivity contribution < 1.29 is 24.2 Å². The lowest BCUT2D eigenvalue weighted by atomic mass is 9.98. The Bertz CT molecular complexity index is 851. The summed E-state index contributed by atoms with van der Waals surface area (Å²) in [5.74, 6) is -0.936. The molecule has 2 aliphatic rings. The maximum absolute atomic E-state index is 12.7. The molecule has 1 fully saturated rings. The van der Waals surface area contributed by atoms with Crippen molar-refractivity contribution in [2.75, 3.05) is 19.8 Å². The minimum atomic E-state index is -0.938. The second kappa shape index (κ2) is 7.64. The van der Waals surface area contributed by atoms with Crippen LogP contribution >= 0.6 is 0 Å². The summed E-state index contributed by atoms with van der Waals surface area (Å²) in [6, 6.07) is 16.2. The van der Waals surface area contributed by atoms with Crippen LogP contribution in [0.25, 0.3) is 11.1 Å². The van der Waals surface area contributed by atoms with Crippen LogP contribution in [-0.4, -0.2) is 54.0 Å². The smallest absolute Gasteiger partial charge is 0.410 e. The zero-order valence-electron chi connectivity index (χ0n) is 15.7. The number of hydrogen-bond donors (Lipinski definition) is 1. The number of benzene rings is 2. The summed E-state index contributed by atoms with van der Waals surface area (Å²) in [7, 11) is 0. The molecule has 146 valence electrons. The van der Waals surface area contributed by atoms with Crippen molar-refractivity contribution in [1.82, 2.24) is 4.90 Å². The molecule has 1 saturated heterocycles. The Kier molecular flexibility index (Phi) is 5.05. The Hall–Kier alpha value is -2.86. The van der Waals surface area contributed by atoms with Crippen molar-refractivity contribution in [2.45, 2.75) is 31.4 Å². The van der Waals surface area contributed by atoms with Crippen LogP contribution in [-0.2, 0) is 14.3 Å². The number of hydrogen-bond acceptors (Lipinski definition) is 4. The number of ether oxygens (including phenoxy) is 2. The van der Waals surface area contributed by atoms with Crippen molar-refractivity contribution in [3.05, 3.63) is 59.7 Å². The van der Waals surface area contributed by atoms with Gasteiger partial charge in [-0.25, -0.2) is 4.79 Å². The van der Waals surface area contributed by atoms with Gasteiger partial charge in [-0.2, -0.15) is 0 Å². The van der Waals surface area contributed by atoms with Gasteiger partial charge in [-0.1, -0.05) is 48.5 Å². The molecule has 1 heterocycles. The van der Waals surface area contributed by atoms with Crippen molar-refractivity contribution in [1.29, 1.82) is 0 Å². The molecule has 6 heteroatoms. The minimum Gasteiger partial charge on any atom is -0.481 e. The summed E-state index contributed by atoms with van der Waals surface area (Å²) in [5, 5.41) is 8.97. The fourth-order valence-electron chi connectivity index (χ4n) is 4.07. The maximum Gasteiger partial charge on any atom is 0.410 e. The van der Waals surface area contributed by atoms with Crippen LogP contribution in [0.5, 0.6) is 0 Å². The number of rotatable bonds is 4. The summed E-state index contributed by atoms with van der Waals surface area (Å²) in [5.41, 5.74) is 4.69. The number of amides is 1.